The first-order valence-corrected chi connectivity index (χ1v) is 4.67. The van der Waals surface area contributed by atoms with E-state index >= 15 is 0 Å². The summed E-state index contributed by atoms with van der Waals surface area (Å²) < 4.78 is 3.18. The standard InChI is InChI=1S/C6H8N2O.C5H6N2/c1-3-8-4-5(2)7-6(8)9;1-2-7-4-3-6-5-7/h3-4H,1H2,2H3,(H,7,9);2-5H,1H2. The average Bonchev–Trinajstić information content (AvgIpc) is 2.88. The van der Waals surface area contributed by atoms with Crippen molar-refractivity contribution < 1.29 is 0 Å². The third-order valence-corrected chi connectivity index (χ3v) is 1.80. The predicted molar refractivity (Wildman–Crippen MR) is 64.8 cm³/mol. The minimum Gasteiger partial charge on any atom is -0.314 e. The summed E-state index contributed by atoms with van der Waals surface area (Å²) in [4.78, 5) is 17.1. The Morgan fingerprint density at radius 2 is 2.19 bits per heavy atom. The van der Waals surface area contributed by atoms with Gasteiger partial charge in [0.1, 0.15) is 0 Å². The van der Waals surface area contributed by atoms with Crippen molar-refractivity contribution in [3.63, 3.8) is 0 Å². The molecule has 0 unspecified atom stereocenters. The number of nitrogens with one attached hydrogen (secondary N) is 1. The van der Waals surface area contributed by atoms with Crippen LogP contribution in [0.5, 0.6) is 0 Å². The van der Waals surface area contributed by atoms with Gasteiger partial charge in [0, 0.05) is 36.7 Å². The highest BCUT2D eigenvalue weighted by Gasteiger charge is 1.91. The van der Waals surface area contributed by atoms with Gasteiger partial charge in [-0.15, -0.1) is 0 Å². The molecule has 0 saturated heterocycles. The molecule has 1 N–H and O–H groups in total. The molecule has 0 aliphatic heterocycles. The largest absolute Gasteiger partial charge is 0.329 e. The normalized spacial score (nSPS) is 9.06. The average molecular weight is 218 g/mol. The van der Waals surface area contributed by atoms with Gasteiger partial charge in [0.15, 0.2) is 0 Å². The molecule has 16 heavy (non-hydrogen) atoms. The van der Waals surface area contributed by atoms with Crippen molar-refractivity contribution in [2.75, 3.05) is 0 Å². The van der Waals surface area contributed by atoms with Gasteiger partial charge < -0.3 is 9.55 Å². The van der Waals surface area contributed by atoms with E-state index in [0.29, 0.717) is 0 Å². The second-order valence-corrected chi connectivity index (χ2v) is 3.02. The maximum absolute atomic E-state index is 10.7. The molecule has 0 radical (unpaired) electrons. The minimum absolute atomic E-state index is 0.137. The summed E-state index contributed by atoms with van der Waals surface area (Å²) in [6.45, 7) is 8.80. The Morgan fingerprint density at radius 1 is 1.44 bits per heavy atom. The fourth-order valence-electron chi connectivity index (χ4n) is 1.05. The molecule has 0 aliphatic carbocycles. The van der Waals surface area contributed by atoms with Crippen molar-refractivity contribution in [3.05, 3.63) is 54.3 Å². The number of imidazole rings is 2. The van der Waals surface area contributed by atoms with Crippen LogP contribution in [0.4, 0.5) is 0 Å². The smallest absolute Gasteiger partial charge is 0.314 e. The Kier molecular flexibility index (Phi) is 4.08. The zero-order valence-corrected chi connectivity index (χ0v) is 9.13. The molecule has 0 atom stereocenters. The summed E-state index contributed by atoms with van der Waals surface area (Å²) in [6, 6.07) is 0. The Labute approximate surface area is 93.4 Å². The zero-order valence-electron chi connectivity index (χ0n) is 9.13. The van der Waals surface area contributed by atoms with E-state index in [1.54, 1.807) is 29.5 Å². The third-order valence-electron chi connectivity index (χ3n) is 1.80. The minimum atomic E-state index is -0.137. The molecule has 5 nitrogen and oxygen atoms in total. The van der Waals surface area contributed by atoms with Crippen molar-refractivity contribution in [2.24, 2.45) is 0 Å². The van der Waals surface area contributed by atoms with E-state index in [4.69, 9.17) is 0 Å². The number of rotatable bonds is 2. The molecular formula is C11H14N4O. The van der Waals surface area contributed by atoms with Crippen LogP contribution in [0.25, 0.3) is 12.4 Å². The van der Waals surface area contributed by atoms with E-state index in [-0.39, 0.29) is 5.69 Å². The topological polar surface area (TPSA) is 55.6 Å². The van der Waals surface area contributed by atoms with E-state index in [1.165, 1.54) is 10.8 Å². The highest BCUT2D eigenvalue weighted by molar-refractivity contribution is 5.17. The van der Waals surface area contributed by atoms with Gasteiger partial charge >= 0.3 is 5.69 Å². The quantitative estimate of drug-likeness (QED) is 0.831. The second-order valence-electron chi connectivity index (χ2n) is 3.02. The highest BCUT2D eigenvalue weighted by atomic mass is 16.1. The fourth-order valence-corrected chi connectivity index (χ4v) is 1.05. The van der Waals surface area contributed by atoms with Crippen molar-refractivity contribution >= 4 is 12.4 Å². The molecule has 5 heteroatoms. The summed E-state index contributed by atoms with van der Waals surface area (Å²) in [6.07, 6.45) is 10.1. The third kappa shape index (κ3) is 3.13. The molecule has 2 aromatic heterocycles. The summed E-state index contributed by atoms with van der Waals surface area (Å²) in [5, 5.41) is 0. The highest BCUT2D eigenvalue weighted by Crippen LogP contribution is 1.85. The van der Waals surface area contributed by atoms with Gasteiger partial charge in [0.05, 0.1) is 6.33 Å². The molecule has 0 aromatic carbocycles. The second kappa shape index (κ2) is 5.55. The maximum atomic E-state index is 10.7. The molecule has 2 heterocycles. The maximum Gasteiger partial charge on any atom is 0.329 e. The van der Waals surface area contributed by atoms with Gasteiger partial charge in [-0.3, -0.25) is 4.57 Å². The summed E-state index contributed by atoms with van der Waals surface area (Å²) in [5.74, 6) is 0. The molecule has 84 valence electrons. The van der Waals surface area contributed by atoms with Gasteiger partial charge in [-0.1, -0.05) is 13.2 Å². The van der Waals surface area contributed by atoms with Crippen LogP contribution in [0.15, 0.2) is 42.9 Å². The molecule has 0 fully saturated rings. The summed E-state index contributed by atoms with van der Waals surface area (Å²) >= 11 is 0. The monoisotopic (exact) mass is 218 g/mol. The van der Waals surface area contributed by atoms with Crippen LogP contribution in [-0.4, -0.2) is 19.1 Å². The van der Waals surface area contributed by atoms with Crippen LogP contribution in [0.1, 0.15) is 5.69 Å². The SMILES string of the molecule is C=Cn1cc(C)[nH]c1=O.C=Cn1ccnc1. The van der Waals surface area contributed by atoms with Crippen LogP contribution in [-0.2, 0) is 0 Å². The van der Waals surface area contributed by atoms with Crippen molar-refractivity contribution in [3.8, 4) is 0 Å². The number of aromatic nitrogens is 4. The van der Waals surface area contributed by atoms with Gasteiger partial charge in [0.2, 0.25) is 0 Å². The molecule has 0 saturated carbocycles. The zero-order chi connectivity index (χ0) is 12.0. The molecule has 0 bridgehead atoms. The number of aromatic amines is 1. The summed E-state index contributed by atoms with van der Waals surface area (Å²) in [7, 11) is 0. The number of H-pyrrole nitrogens is 1. The predicted octanol–water partition coefficient (Wildman–Crippen LogP) is 1.57. The van der Waals surface area contributed by atoms with Crippen molar-refractivity contribution in [1.82, 2.24) is 19.1 Å². The first-order valence-electron chi connectivity index (χ1n) is 4.67. The molecule has 0 aliphatic rings. The van der Waals surface area contributed by atoms with E-state index < -0.39 is 0 Å². The molecule has 0 spiro atoms. The van der Waals surface area contributed by atoms with Crippen LogP contribution in [0.2, 0.25) is 0 Å². The summed E-state index contributed by atoms with van der Waals surface area (Å²) in [5.41, 5.74) is 0.711. The van der Waals surface area contributed by atoms with Crippen LogP contribution in [0, 0.1) is 6.92 Å². The molecule has 2 aromatic rings. The van der Waals surface area contributed by atoms with E-state index in [2.05, 4.69) is 23.1 Å². The van der Waals surface area contributed by atoms with Crippen LogP contribution < -0.4 is 5.69 Å². The number of aryl methyl sites for hydroxylation is 1. The lowest BCUT2D eigenvalue weighted by molar-refractivity contribution is 1.05. The van der Waals surface area contributed by atoms with Crippen LogP contribution in [0.3, 0.4) is 0 Å². The fraction of sp³-hybridized carbons (Fsp3) is 0.0909. The first-order chi connectivity index (χ1) is 7.67. The van der Waals surface area contributed by atoms with Gasteiger partial charge in [-0.25, -0.2) is 9.78 Å². The van der Waals surface area contributed by atoms with Gasteiger partial charge in [-0.05, 0) is 6.92 Å². The first kappa shape index (κ1) is 11.8. The van der Waals surface area contributed by atoms with E-state index in [9.17, 15) is 4.79 Å². The molecule has 2 rings (SSSR count). The van der Waals surface area contributed by atoms with Gasteiger partial charge in [0.25, 0.3) is 0 Å². The Balaban J connectivity index is 0.000000165. The molecule has 0 amide bonds. The van der Waals surface area contributed by atoms with Crippen LogP contribution >= 0.6 is 0 Å². The van der Waals surface area contributed by atoms with Crippen molar-refractivity contribution in [1.29, 1.82) is 0 Å². The lowest BCUT2D eigenvalue weighted by Gasteiger charge is -1.81. The Bertz CT molecular complexity index is 504. The number of nitrogens with zero attached hydrogens (tertiary/aromatic N) is 3. The van der Waals surface area contributed by atoms with E-state index in [1.807, 2.05) is 13.1 Å². The lowest BCUT2D eigenvalue weighted by Crippen LogP contribution is -2.09. The van der Waals surface area contributed by atoms with Crippen molar-refractivity contribution in [2.45, 2.75) is 6.92 Å². The molecular weight excluding hydrogens is 204 g/mol. The van der Waals surface area contributed by atoms with Gasteiger partial charge in [-0.2, -0.15) is 0 Å². The Morgan fingerprint density at radius 3 is 2.44 bits per heavy atom. The lowest BCUT2D eigenvalue weighted by atomic mass is 10.6. The Hall–Kier alpha value is -2.30. The number of hydrogen-bond donors (Lipinski definition) is 1. The number of hydrogen-bond acceptors (Lipinski definition) is 2. The van der Waals surface area contributed by atoms with E-state index in [0.717, 1.165) is 5.69 Å².